The molecular formula is C15H26ClN5. The largest absolute Gasteiger partial charge is 0.368 e. The van der Waals surface area contributed by atoms with Gasteiger partial charge in [0.2, 0.25) is 0 Å². The van der Waals surface area contributed by atoms with Crippen molar-refractivity contribution in [2.24, 2.45) is 0 Å². The standard InChI is InChI=1S/C15H26ClN5/c1-15(2,3)14-18-12(16)8-13(19-14)17-9-11-10-20(4)6-7-21(11)5/h8,11H,6-7,9-10H2,1-5H3,(H,17,18,19). The molecular weight excluding hydrogens is 286 g/mol. The van der Waals surface area contributed by atoms with Crippen molar-refractivity contribution in [3.05, 3.63) is 17.0 Å². The van der Waals surface area contributed by atoms with Crippen LogP contribution in [0, 0.1) is 0 Å². The lowest BCUT2D eigenvalue weighted by Crippen LogP contribution is -2.52. The topological polar surface area (TPSA) is 44.3 Å². The Morgan fingerprint density at radius 1 is 1.29 bits per heavy atom. The van der Waals surface area contributed by atoms with E-state index in [9.17, 15) is 0 Å². The maximum absolute atomic E-state index is 6.12. The zero-order valence-corrected chi connectivity index (χ0v) is 14.4. The van der Waals surface area contributed by atoms with Gasteiger partial charge in [0.15, 0.2) is 0 Å². The molecule has 0 saturated carbocycles. The van der Waals surface area contributed by atoms with Crippen molar-refractivity contribution < 1.29 is 0 Å². The second-order valence-corrected chi connectivity index (χ2v) is 7.31. The van der Waals surface area contributed by atoms with E-state index in [1.165, 1.54) is 0 Å². The van der Waals surface area contributed by atoms with Gasteiger partial charge in [0.25, 0.3) is 0 Å². The molecule has 1 saturated heterocycles. The Hall–Kier alpha value is -0.910. The highest BCUT2D eigenvalue weighted by Crippen LogP contribution is 2.22. The number of likely N-dealkylation sites (N-methyl/N-ethyl adjacent to an activating group) is 2. The summed E-state index contributed by atoms with van der Waals surface area (Å²) < 4.78 is 0. The molecule has 2 rings (SSSR count). The molecule has 21 heavy (non-hydrogen) atoms. The van der Waals surface area contributed by atoms with Gasteiger partial charge in [-0.2, -0.15) is 0 Å². The van der Waals surface area contributed by atoms with Crippen LogP contribution < -0.4 is 5.32 Å². The van der Waals surface area contributed by atoms with Gasteiger partial charge >= 0.3 is 0 Å². The minimum absolute atomic E-state index is 0.108. The molecule has 1 N–H and O–H groups in total. The van der Waals surface area contributed by atoms with Crippen LogP contribution in [0.15, 0.2) is 6.07 Å². The number of aromatic nitrogens is 2. The SMILES string of the molecule is CN1CCN(C)C(CNc2cc(Cl)nc(C(C)(C)C)n2)C1. The van der Waals surface area contributed by atoms with Crippen LogP contribution in [0.25, 0.3) is 0 Å². The first-order valence-corrected chi connectivity index (χ1v) is 7.81. The lowest BCUT2D eigenvalue weighted by atomic mass is 9.96. The van der Waals surface area contributed by atoms with Crippen molar-refractivity contribution in [2.75, 3.05) is 45.6 Å². The molecule has 1 atom stereocenters. The van der Waals surface area contributed by atoms with Gasteiger partial charge in [0, 0.05) is 43.7 Å². The average molecular weight is 312 g/mol. The highest BCUT2D eigenvalue weighted by atomic mass is 35.5. The van der Waals surface area contributed by atoms with Crippen LogP contribution in [0.3, 0.4) is 0 Å². The summed E-state index contributed by atoms with van der Waals surface area (Å²) in [6.45, 7) is 10.4. The van der Waals surface area contributed by atoms with E-state index in [0.29, 0.717) is 11.2 Å². The Kier molecular flexibility index (Phi) is 5.07. The third-order valence-electron chi connectivity index (χ3n) is 3.86. The first-order chi connectivity index (χ1) is 9.75. The molecule has 0 aromatic carbocycles. The Morgan fingerprint density at radius 2 is 2.00 bits per heavy atom. The van der Waals surface area contributed by atoms with Gasteiger partial charge in [-0.25, -0.2) is 9.97 Å². The van der Waals surface area contributed by atoms with Crippen molar-refractivity contribution >= 4 is 17.4 Å². The number of anilines is 1. The zero-order chi connectivity index (χ0) is 15.6. The molecule has 118 valence electrons. The van der Waals surface area contributed by atoms with E-state index in [1.54, 1.807) is 6.07 Å². The molecule has 5 nitrogen and oxygen atoms in total. The first kappa shape index (κ1) is 16.5. The average Bonchev–Trinajstić information content (AvgIpc) is 2.38. The van der Waals surface area contributed by atoms with E-state index in [2.05, 4.69) is 60.0 Å². The number of piperazine rings is 1. The van der Waals surface area contributed by atoms with Crippen LogP contribution in [-0.4, -0.2) is 66.1 Å². The maximum Gasteiger partial charge on any atom is 0.137 e. The van der Waals surface area contributed by atoms with Crippen LogP contribution in [-0.2, 0) is 5.41 Å². The third-order valence-corrected chi connectivity index (χ3v) is 4.06. The van der Waals surface area contributed by atoms with E-state index in [-0.39, 0.29) is 5.41 Å². The van der Waals surface area contributed by atoms with Gasteiger partial charge in [-0.05, 0) is 14.1 Å². The van der Waals surface area contributed by atoms with Gasteiger partial charge < -0.3 is 10.2 Å². The predicted molar refractivity (Wildman–Crippen MR) is 88.1 cm³/mol. The lowest BCUT2D eigenvalue weighted by Gasteiger charge is -2.37. The normalized spacial score (nSPS) is 21.5. The van der Waals surface area contributed by atoms with Gasteiger partial charge in [-0.1, -0.05) is 32.4 Å². The Balaban J connectivity index is 2.04. The van der Waals surface area contributed by atoms with Gasteiger partial charge in [-0.15, -0.1) is 0 Å². The lowest BCUT2D eigenvalue weighted by molar-refractivity contribution is 0.122. The van der Waals surface area contributed by atoms with Crippen molar-refractivity contribution in [1.29, 1.82) is 0 Å². The van der Waals surface area contributed by atoms with Crippen molar-refractivity contribution in [3.8, 4) is 0 Å². The first-order valence-electron chi connectivity index (χ1n) is 7.43. The van der Waals surface area contributed by atoms with Gasteiger partial charge in [0.05, 0.1) is 0 Å². The minimum atomic E-state index is -0.108. The highest BCUT2D eigenvalue weighted by Gasteiger charge is 2.23. The van der Waals surface area contributed by atoms with Crippen LogP contribution in [0.4, 0.5) is 5.82 Å². The summed E-state index contributed by atoms with van der Waals surface area (Å²) in [6, 6.07) is 2.28. The Morgan fingerprint density at radius 3 is 2.67 bits per heavy atom. The van der Waals surface area contributed by atoms with E-state index in [0.717, 1.165) is 37.8 Å². The summed E-state index contributed by atoms with van der Waals surface area (Å²) in [5, 5.41) is 3.91. The molecule has 1 unspecified atom stereocenters. The van der Waals surface area contributed by atoms with E-state index >= 15 is 0 Å². The van der Waals surface area contributed by atoms with Crippen molar-refractivity contribution in [3.63, 3.8) is 0 Å². The summed E-state index contributed by atoms with van der Waals surface area (Å²) in [7, 11) is 4.34. The van der Waals surface area contributed by atoms with Gasteiger partial charge in [0.1, 0.15) is 16.8 Å². The number of halogens is 1. The molecule has 1 aliphatic heterocycles. The molecule has 1 aromatic rings. The van der Waals surface area contributed by atoms with Crippen molar-refractivity contribution in [1.82, 2.24) is 19.8 Å². The number of hydrogen-bond donors (Lipinski definition) is 1. The minimum Gasteiger partial charge on any atom is -0.368 e. The molecule has 0 bridgehead atoms. The smallest absolute Gasteiger partial charge is 0.137 e. The van der Waals surface area contributed by atoms with E-state index in [4.69, 9.17) is 11.6 Å². The second kappa shape index (κ2) is 6.46. The highest BCUT2D eigenvalue weighted by molar-refractivity contribution is 6.29. The Labute approximate surface area is 132 Å². The molecule has 0 amide bonds. The quantitative estimate of drug-likeness (QED) is 0.866. The summed E-state index contributed by atoms with van der Waals surface area (Å²) in [6.07, 6.45) is 0. The van der Waals surface area contributed by atoms with Crippen LogP contribution in [0.1, 0.15) is 26.6 Å². The molecule has 1 aliphatic rings. The van der Waals surface area contributed by atoms with Gasteiger partial charge in [-0.3, -0.25) is 4.90 Å². The number of rotatable bonds is 3. The summed E-state index contributed by atoms with van der Waals surface area (Å²) in [4.78, 5) is 13.7. The van der Waals surface area contributed by atoms with E-state index < -0.39 is 0 Å². The molecule has 0 spiro atoms. The Bertz CT molecular complexity index is 485. The number of nitrogens with one attached hydrogen (secondary N) is 1. The maximum atomic E-state index is 6.12. The second-order valence-electron chi connectivity index (χ2n) is 6.93. The predicted octanol–water partition coefficient (Wildman–Crippen LogP) is 2.09. The third kappa shape index (κ3) is 4.53. The summed E-state index contributed by atoms with van der Waals surface area (Å²) in [5.41, 5.74) is -0.108. The number of nitrogens with zero attached hydrogens (tertiary/aromatic N) is 4. The van der Waals surface area contributed by atoms with Crippen LogP contribution >= 0.6 is 11.6 Å². The summed E-state index contributed by atoms with van der Waals surface area (Å²) >= 11 is 6.12. The fourth-order valence-electron chi connectivity index (χ4n) is 2.39. The monoisotopic (exact) mass is 311 g/mol. The molecule has 0 radical (unpaired) electrons. The molecule has 0 aliphatic carbocycles. The van der Waals surface area contributed by atoms with E-state index in [1.807, 2.05) is 0 Å². The van der Waals surface area contributed by atoms with Crippen molar-refractivity contribution in [2.45, 2.75) is 32.2 Å². The summed E-state index contributed by atoms with van der Waals surface area (Å²) in [5.74, 6) is 1.58. The zero-order valence-electron chi connectivity index (χ0n) is 13.6. The fraction of sp³-hybridized carbons (Fsp3) is 0.733. The van der Waals surface area contributed by atoms with Crippen LogP contribution in [0.5, 0.6) is 0 Å². The molecule has 1 aromatic heterocycles. The molecule has 6 heteroatoms. The van der Waals surface area contributed by atoms with Crippen LogP contribution in [0.2, 0.25) is 5.15 Å². The fourth-order valence-corrected chi connectivity index (χ4v) is 2.57. The molecule has 2 heterocycles. The molecule has 1 fully saturated rings. The number of hydrogen-bond acceptors (Lipinski definition) is 5.